The van der Waals surface area contributed by atoms with Gasteiger partial charge in [0.25, 0.3) is 0 Å². The highest BCUT2D eigenvalue weighted by Crippen LogP contribution is 2.15. The van der Waals surface area contributed by atoms with Gasteiger partial charge in [-0.3, -0.25) is 0 Å². The molecule has 0 saturated carbocycles. The summed E-state index contributed by atoms with van der Waals surface area (Å²) in [5.41, 5.74) is 1.54. The van der Waals surface area contributed by atoms with Crippen molar-refractivity contribution in [1.82, 2.24) is 4.57 Å². The van der Waals surface area contributed by atoms with Crippen LogP contribution in [0.3, 0.4) is 0 Å². The topological polar surface area (TPSA) is 29.6 Å². The minimum atomic E-state index is -0.299. The van der Waals surface area contributed by atoms with Gasteiger partial charge in [0.2, 0.25) is 4.80 Å². The van der Waals surface area contributed by atoms with Gasteiger partial charge in [0.05, 0.1) is 16.4 Å². The molecule has 1 aromatic heterocycles. The number of rotatable bonds is 2. The first kappa shape index (κ1) is 12.7. The molecule has 3 rings (SSSR count). The normalized spacial score (nSPS) is 12.6. The molecule has 0 aliphatic carbocycles. The van der Waals surface area contributed by atoms with E-state index in [-0.39, 0.29) is 5.82 Å². The molecule has 0 fully saturated rings. The van der Waals surface area contributed by atoms with Crippen molar-refractivity contribution < 1.29 is 4.39 Å². The Morgan fingerprint density at radius 3 is 2.65 bits per heavy atom. The summed E-state index contributed by atoms with van der Waals surface area (Å²) in [5.74, 6) is -0.299. The van der Waals surface area contributed by atoms with Crippen LogP contribution in [0.2, 0.25) is 0 Å². The molecule has 0 spiro atoms. The Bertz CT molecular complexity index is 845. The second-order valence-electron chi connectivity index (χ2n) is 4.28. The van der Waals surface area contributed by atoms with Gasteiger partial charge in [-0.25, -0.2) is 4.39 Å². The summed E-state index contributed by atoms with van der Waals surface area (Å²) in [4.78, 5) is 0.777. The van der Waals surface area contributed by atoms with Crippen molar-refractivity contribution in [3.63, 3.8) is 0 Å². The van der Waals surface area contributed by atoms with E-state index in [0.29, 0.717) is 5.56 Å². The third-order valence-corrected chi connectivity index (χ3v) is 4.06. The van der Waals surface area contributed by atoms with Gasteiger partial charge < -0.3 is 4.57 Å². The van der Waals surface area contributed by atoms with Crippen LogP contribution >= 0.6 is 11.3 Å². The summed E-state index contributed by atoms with van der Waals surface area (Å²) < 4.78 is 16.5. The number of fused-ring (bicyclic) bond motifs is 1. The lowest BCUT2D eigenvalue weighted by Gasteiger charge is -1.93. The summed E-state index contributed by atoms with van der Waals surface area (Å²) in [6.45, 7) is 0. The monoisotopic (exact) mass is 285 g/mol. The predicted molar refractivity (Wildman–Crippen MR) is 80.4 cm³/mol. The van der Waals surface area contributed by atoms with Crippen LogP contribution in [0.15, 0.2) is 58.7 Å². The standard InChI is InChI=1S/C15H12FN3S/c1-19-13-8-4-5-9-14(13)20-15(19)18-17-10-11-6-2-3-7-12(11)16/h2-10H,1H3. The lowest BCUT2D eigenvalue weighted by atomic mass is 10.2. The van der Waals surface area contributed by atoms with E-state index in [1.54, 1.807) is 29.5 Å². The number of aromatic nitrogens is 1. The molecule has 0 N–H and O–H groups in total. The fourth-order valence-corrected chi connectivity index (χ4v) is 2.87. The zero-order valence-corrected chi connectivity index (χ0v) is 11.6. The quantitative estimate of drug-likeness (QED) is 0.511. The van der Waals surface area contributed by atoms with Crippen LogP contribution in [0.4, 0.5) is 4.39 Å². The zero-order chi connectivity index (χ0) is 13.9. The summed E-state index contributed by atoms with van der Waals surface area (Å²) >= 11 is 1.55. The Morgan fingerprint density at radius 1 is 1.10 bits per heavy atom. The van der Waals surface area contributed by atoms with Crippen LogP contribution in [0.5, 0.6) is 0 Å². The molecule has 20 heavy (non-hydrogen) atoms. The van der Waals surface area contributed by atoms with E-state index in [0.717, 1.165) is 15.0 Å². The van der Waals surface area contributed by atoms with E-state index in [9.17, 15) is 4.39 Å². The van der Waals surface area contributed by atoms with Crippen LogP contribution in [0.1, 0.15) is 5.56 Å². The molecule has 5 heteroatoms. The molecule has 0 radical (unpaired) electrons. The Balaban J connectivity index is 1.99. The van der Waals surface area contributed by atoms with E-state index in [1.165, 1.54) is 12.3 Å². The first-order valence-corrected chi connectivity index (χ1v) is 6.93. The molecule has 3 nitrogen and oxygen atoms in total. The average molecular weight is 285 g/mol. The number of halogens is 1. The highest BCUT2D eigenvalue weighted by atomic mass is 32.1. The molecule has 2 aromatic carbocycles. The molecule has 1 heterocycles. The maximum absolute atomic E-state index is 13.4. The maximum atomic E-state index is 13.4. The molecule has 0 unspecified atom stereocenters. The number of thiazole rings is 1. The highest BCUT2D eigenvalue weighted by molar-refractivity contribution is 7.16. The van der Waals surface area contributed by atoms with E-state index >= 15 is 0 Å². The van der Waals surface area contributed by atoms with Crippen molar-refractivity contribution in [3.8, 4) is 0 Å². The zero-order valence-electron chi connectivity index (χ0n) is 10.8. The molecular weight excluding hydrogens is 273 g/mol. The van der Waals surface area contributed by atoms with Gasteiger partial charge in [0.15, 0.2) is 0 Å². The molecule has 100 valence electrons. The lowest BCUT2D eigenvalue weighted by Crippen LogP contribution is -2.08. The fourth-order valence-electron chi connectivity index (χ4n) is 1.90. The van der Waals surface area contributed by atoms with Gasteiger partial charge in [-0.1, -0.05) is 41.7 Å². The van der Waals surface area contributed by atoms with E-state index < -0.39 is 0 Å². The van der Waals surface area contributed by atoms with Crippen LogP contribution in [0, 0.1) is 5.82 Å². The average Bonchev–Trinajstić information content (AvgIpc) is 2.78. The number of hydrogen-bond acceptors (Lipinski definition) is 3. The summed E-state index contributed by atoms with van der Waals surface area (Å²) in [7, 11) is 1.94. The minimum Gasteiger partial charge on any atom is -0.318 e. The molecule has 0 saturated heterocycles. The summed E-state index contributed by atoms with van der Waals surface area (Å²) in [6.07, 6.45) is 1.43. The second-order valence-corrected chi connectivity index (χ2v) is 5.29. The maximum Gasteiger partial charge on any atom is 0.211 e. The first-order valence-electron chi connectivity index (χ1n) is 6.12. The van der Waals surface area contributed by atoms with Gasteiger partial charge in [-0.05, 0) is 18.2 Å². The molecule has 0 amide bonds. The van der Waals surface area contributed by atoms with Crippen molar-refractivity contribution >= 4 is 27.8 Å². The van der Waals surface area contributed by atoms with E-state index in [4.69, 9.17) is 0 Å². The second kappa shape index (κ2) is 5.38. The number of aryl methyl sites for hydroxylation is 1. The van der Waals surface area contributed by atoms with Crippen LogP contribution in [0.25, 0.3) is 10.2 Å². The fraction of sp³-hybridized carbons (Fsp3) is 0.0667. The summed E-state index contributed by atoms with van der Waals surface area (Å²) in [6, 6.07) is 14.5. The number of nitrogens with zero attached hydrogens (tertiary/aromatic N) is 3. The Hall–Kier alpha value is -2.27. The van der Waals surface area contributed by atoms with Crippen molar-refractivity contribution in [2.24, 2.45) is 17.3 Å². The Labute approximate surface area is 119 Å². The van der Waals surface area contributed by atoms with Crippen LogP contribution in [-0.4, -0.2) is 10.8 Å². The SMILES string of the molecule is Cn1c(=NN=Cc2ccccc2F)sc2ccccc21. The number of hydrogen-bond donors (Lipinski definition) is 0. The smallest absolute Gasteiger partial charge is 0.211 e. The largest absolute Gasteiger partial charge is 0.318 e. The molecular formula is C15H12FN3S. The molecule has 0 bridgehead atoms. The third kappa shape index (κ3) is 2.40. The summed E-state index contributed by atoms with van der Waals surface area (Å²) in [5, 5.41) is 8.14. The van der Waals surface area contributed by atoms with Crippen molar-refractivity contribution in [2.45, 2.75) is 0 Å². The van der Waals surface area contributed by atoms with Gasteiger partial charge in [0.1, 0.15) is 5.82 Å². The molecule has 0 atom stereocenters. The number of para-hydroxylation sites is 1. The van der Waals surface area contributed by atoms with Gasteiger partial charge in [0, 0.05) is 12.6 Å². The lowest BCUT2D eigenvalue weighted by molar-refractivity contribution is 0.626. The van der Waals surface area contributed by atoms with Crippen molar-refractivity contribution in [2.75, 3.05) is 0 Å². The van der Waals surface area contributed by atoms with E-state index in [1.807, 2.05) is 35.9 Å². The van der Waals surface area contributed by atoms with Crippen molar-refractivity contribution in [3.05, 3.63) is 64.7 Å². The Morgan fingerprint density at radius 2 is 1.85 bits per heavy atom. The van der Waals surface area contributed by atoms with Gasteiger partial charge in [-0.2, -0.15) is 5.10 Å². The van der Waals surface area contributed by atoms with Crippen molar-refractivity contribution in [1.29, 1.82) is 0 Å². The third-order valence-electron chi connectivity index (χ3n) is 2.96. The predicted octanol–water partition coefficient (Wildman–Crippen LogP) is 3.31. The highest BCUT2D eigenvalue weighted by Gasteiger charge is 2.00. The van der Waals surface area contributed by atoms with Gasteiger partial charge >= 0.3 is 0 Å². The van der Waals surface area contributed by atoms with E-state index in [2.05, 4.69) is 10.2 Å². The molecule has 0 aliphatic rings. The van der Waals surface area contributed by atoms with Gasteiger partial charge in [-0.15, -0.1) is 5.10 Å². The number of benzene rings is 2. The van der Waals surface area contributed by atoms with Crippen LogP contribution in [-0.2, 0) is 7.05 Å². The minimum absolute atomic E-state index is 0.299. The first-order chi connectivity index (χ1) is 9.75. The molecule has 3 aromatic rings. The molecule has 0 aliphatic heterocycles. The Kier molecular flexibility index (Phi) is 3.43. The van der Waals surface area contributed by atoms with Crippen LogP contribution < -0.4 is 4.80 Å².